The highest BCUT2D eigenvalue weighted by Crippen LogP contribution is 2.31. The van der Waals surface area contributed by atoms with E-state index >= 15 is 0 Å². The molecule has 1 heterocycles. The molecule has 0 radical (unpaired) electrons. The van der Waals surface area contributed by atoms with Gasteiger partial charge in [0.05, 0.1) is 17.7 Å². The molecule has 1 aliphatic rings. The van der Waals surface area contributed by atoms with Crippen molar-refractivity contribution in [3.05, 3.63) is 29.8 Å². The van der Waals surface area contributed by atoms with E-state index in [9.17, 15) is 13.6 Å². The first kappa shape index (κ1) is 14.9. The predicted octanol–water partition coefficient (Wildman–Crippen LogP) is 1.92. The molecular formula is C14H18F2N2O2. The number of nitrogens with one attached hydrogen (secondary N) is 2. The first-order valence-corrected chi connectivity index (χ1v) is 6.53. The molecule has 2 rings (SSSR count). The van der Waals surface area contributed by atoms with Crippen LogP contribution in [-0.2, 0) is 9.53 Å². The van der Waals surface area contributed by atoms with Gasteiger partial charge in [-0.1, -0.05) is 0 Å². The number of hydrogen-bond donors (Lipinski definition) is 2. The third-order valence-electron chi connectivity index (χ3n) is 3.64. The van der Waals surface area contributed by atoms with E-state index in [-0.39, 0.29) is 18.2 Å². The minimum Gasteiger partial charge on any atom is -0.384 e. The van der Waals surface area contributed by atoms with Crippen LogP contribution < -0.4 is 10.6 Å². The Kier molecular flexibility index (Phi) is 4.67. The number of amides is 1. The van der Waals surface area contributed by atoms with Crippen molar-refractivity contribution in [1.82, 2.24) is 5.32 Å². The summed E-state index contributed by atoms with van der Waals surface area (Å²) in [5, 5.41) is 5.65. The number of carbonyl (C=O) groups is 1. The summed E-state index contributed by atoms with van der Waals surface area (Å²) in [6, 6.07) is 2.99. The summed E-state index contributed by atoms with van der Waals surface area (Å²) < 4.78 is 31.9. The van der Waals surface area contributed by atoms with E-state index in [2.05, 4.69) is 10.6 Å². The van der Waals surface area contributed by atoms with E-state index in [1.165, 1.54) is 7.11 Å². The maximum atomic E-state index is 13.6. The molecule has 1 amide bonds. The Morgan fingerprint density at radius 2 is 2.10 bits per heavy atom. The zero-order valence-electron chi connectivity index (χ0n) is 11.3. The van der Waals surface area contributed by atoms with Gasteiger partial charge in [-0.3, -0.25) is 4.79 Å². The van der Waals surface area contributed by atoms with Gasteiger partial charge in [-0.2, -0.15) is 0 Å². The van der Waals surface area contributed by atoms with Crippen molar-refractivity contribution in [2.75, 3.05) is 32.1 Å². The van der Waals surface area contributed by atoms with E-state index in [0.29, 0.717) is 25.9 Å². The summed E-state index contributed by atoms with van der Waals surface area (Å²) in [4.78, 5) is 12.4. The van der Waals surface area contributed by atoms with Crippen molar-refractivity contribution < 1.29 is 18.3 Å². The summed E-state index contributed by atoms with van der Waals surface area (Å²) in [6.45, 7) is 1.66. The molecule has 20 heavy (non-hydrogen) atoms. The van der Waals surface area contributed by atoms with Crippen LogP contribution in [0.5, 0.6) is 0 Å². The smallest absolute Gasteiger partial charge is 0.233 e. The highest BCUT2D eigenvalue weighted by Gasteiger charge is 2.39. The van der Waals surface area contributed by atoms with Gasteiger partial charge in [0.1, 0.15) is 11.6 Å². The van der Waals surface area contributed by atoms with Crippen molar-refractivity contribution in [3.8, 4) is 0 Å². The van der Waals surface area contributed by atoms with Crippen molar-refractivity contribution in [2.24, 2.45) is 5.41 Å². The molecule has 1 aliphatic heterocycles. The predicted molar refractivity (Wildman–Crippen MR) is 71.4 cm³/mol. The lowest BCUT2D eigenvalue weighted by Crippen LogP contribution is -2.47. The van der Waals surface area contributed by atoms with Crippen LogP contribution in [0.15, 0.2) is 18.2 Å². The van der Waals surface area contributed by atoms with Crippen LogP contribution >= 0.6 is 0 Å². The van der Waals surface area contributed by atoms with E-state index in [1.807, 2.05) is 0 Å². The van der Waals surface area contributed by atoms with Crippen LogP contribution in [0.25, 0.3) is 0 Å². The van der Waals surface area contributed by atoms with E-state index in [4.69, 9.17) is 4.74 Å². The molecule has 1 fully saturated rings. The standard InChI is InChI=1S/C14H18F2N2O2/c1-20-9-14(4-6-17-7-5-14)13(19)18-12-8-10(15)2-3-11(12)16/h2-3,8,17H,4-7,9H2,1H3,(H,18,19). The number of rotatable bonds is 4. The SMILES string of the molecule is COCC1(C(=O)Nc2cc(F)ccc2F)CCNCC1. The Balaban J connectivity index is 2.18. The molecule has 1 aromatic carbocycles. The molecule has 2 N–H and O–H groups in total. The molecule has 0 spiro atoms. The largest absolute Gasteiger partial charge is 0.384 e. The maximum absolute atomic E-state index is 13.6. The summed E-state index contributed by atoms with van der Waals surface area (Å²) in [6.07, 6.45) is 1.20. The number of halogens is 2. The molecule has 0 aliphatic carbocycles. The third-order valence-corrected chi connectivity index (χ3v) is 3.64. The van der Waals surface area contributed by atoms with Gasteiger partial charge in [-0.25, -0.2) is 8.78 Å². The second-order valence-corrected chi connectivity index (χ2v) is 5.04. The summed E-state index contributed by atoms with van der Waals surface area (Å²) >= 11 is 0. The average Bonchev–Trinajstić information content (AvgIpc) is 2.44. The number of benzene rings is 1. The van der Waals surface area contributed by atoms with E-state index in [1.54, 1.807) is 0 Å². The van der Waals surface area contributed by atoms with Gasteiger partial charge in [0.2, 0.25) is 5.91 Å². The number of piperidine rings is 1. The highest BCUT2D eigenvalue weighted by molar-refractivity contribution is 5.95. The van der Waals surface area contributed by atoms with Crippen LogP contribution in [0.1, 0.15) is 12.8 Å². The molecule has 0 atom stereocenters. The van der Waals surface area contributed by atoms with Gasteiger partial charge >= 0.3 is 0 Å². The first-order valence-electron chi connectivity index (χ1n) is 6.53. The van der Waals surface area contributed by atoms with Crippen LogP contribution in [0.2, 0.25) is 0 Å². The van der Waals surface area contributed by atoms with Crippen LogP contribution in [0, 0.1) is 17.0 Å². The number of carbonyl (C=O) groups excluding carboxylic acids is 1. The second kappa shape index (κ2) is 6.28. The zero-order chi connectivity index (χ0) is 14.6. The molecule has 6 heteroatoms. The molecule has 110 valence electrons. The van der Waals surface area contributed by atoms with Crippen molar-refractivity contribution in [1.29, 1.82) is 0 Å². The minimum atomic E-state index is -0.696. The van der Waals surface area contributed by atoms with Crippen molar-refractivity contribution >= 4 is 11.6 Å². The van der Waals surface area contributed by atoms with Gasteiger partial charge in [-0.05, 0) is 38.1 Å². The molecule has 0 bridgehead atoms. The molecule has 4 nitrogen and oxygen atoms in total. The Labute approximate surface area is 116 Å². The Hall–Kier alpha value is -1.53. The fourth-order valence-corrected chi connectivity index (χ4v) is 2.47. The molecule has 0 saturated carbocycles. The van der Waals surface area contributed by atoms with Crippen LogP contribution in [-0.4, -0.2) is 32.7 Å². The molecular weight excluding hydrogens is 266 g/mol. The molecule has 0 aromatic heterocycles. The number of hydrogen-bond acceptors (Lipinski definition) is 3. The van der Waals surface area contributed by atoms with E-state index < -0.39 is 17.0 Å². The van der Waals surface area contributed by atoms with Gasteiger partial charge < -0.3 is 15.4 Å². The highest BCUT2D eigenvalue weighted by atomic mass is 19.1. The van der Waals surface area contributed by atoms with Gasteiger partial charge in [-0.15, -0.1) is 0 Å². The molecule has 1 aromatic rings. The quantitative estimate of drug-likeness (QED) is 0.888. The number of methoxy groups -OCH3 is 1. The summed E-state index contributed by atoms with van der Waals surface area (Å²) in [5.41, 5.74) is -0.831. The lowest BCUT2D eigenvalue weighted by molar-refractivity contribution is -0.130. The van der Waals surface area contributed by atoms with E-state index in [0.717, 1.165) is 18.2 Å². The average molecular weight is 284 g/mol. The lowest BCUT2D eigenvalue weighted by atomic mass is 9.78. The zero-order valence-corrected chi connectivity index (χ0v) is 11.3. The lowest BCUT2D eigenvalue weighted by Gasteiger charge is -2.35. The number of anilines is 1. The topological polar surface area (TPSA) is 50.4 Å². The minimum absolute atomic E-state index is 0.135. The number of ether oxygens (including phenoxy) is 1. The maximum Gasteiger partial charge on any atom is 0.233 e. The molecule has 1 saturated heterocycles. The second-order valence-electron chi connectivity index (χ2n) is 5.04. The van der Waals surface area contributed by atoms with Gasteiger partial charge in [0.15, 0.2) is 0 Å². The fraction of sp³-hybridized carbons (Fsp3) is 0.500. The Bertz CT molecular complexity index is 483. The Morgan fingerprint density at radius 3 is 2.75 bits per heavy atom. The normalized spacial score (nSPS) is 17.8. The van der Waals surface area contributed by atoms with Crippen molar-refractivity contribution in [3.63, 3.8) is 0 Å². The molecule has 0 unspecified atom stereocenters. The Morgan fingerprint density at radius 1 is 1.40 bits per heavy atom. The fourth-order valence-electron chi connectivity index (χ4n) is 2.47. The van der Waals surface area contributed by atoms with Crippen LogP contribution in [0.3, 0.4) is 0 Å². The monoisotopic (exact) mass is 284 g/mol. The van der Waals surface area contributed by atoms with Gasteiger partial charge in [0.25, 0.3) is 0 Å². The van der Waals surface area contributed by atoms with Crippen LogP contribution in [0.4, 0.5) is 14.5 Å². The first-order chi connectivity index (χ1) is 9.57. The third kappa shape index (κ3) is 3.13. The summed E-state index contributed by atoms with van der Waals surface area (Å²) in [5.74, 6) is -1.57. The summed E-state index contributed by atoms with van der Waals surface area (Å²) in [7, 11) is 1.53. The van der Waals surface area contributed by atoms with Gasteiger partial charge in [0, 0.05) is 13.2 Å². The van der Waals surface area contributed by atoms with Crippen molar-refractivity contribution in [2.45, 2.75) is 12.8 Å².